The van der Waals surface area contributed by atoms with Gasteiger partial charge in [0.15, 0.2) is 0 Å². The van der Waals surface area contributed by atoms with E-state index < -0.39 is 16.5 Å². The first-order valence-electron chi connectivity index (χ1n) is 6.19. The Morgan fingerprint density at radius 3 is 2.30 bits per heavy atom. The van der Waals surface area contributed by atoms with Gasteiger partial charge in [-0.3, -0.25) is 20.2 Å². The van der Waals surface area contributed by atoms with Crippen LogP contribution < -0.4 is 5.32 Å². The van der Waals surface area contributed by atoms with E-state index in [2.05, 4.69) is 5.32 Å². The molecule has 2 rings (SSSR count). The van der Waals surface area contributed by atoms with Crippen LogP contribution in [0.1, 0.15) is 19.4 Å². The van der Waals surface area contributed by atoms with Gasteiger partial charge in [-0.15, -0.1) is 0 Å². The molecule has 1 aromatic rings. The highest BCUT2D eigenvalue weighted by Crippen LogP contribution is 2.21. The van der Waals surface area contributed by atoms with Gasteiger partial charge >= 0.3 is 6.03 Å². The first kappa shape index (κ1) is 14.0. The molecule has 1 aliphatic rings. The number of nitrogens with one attached hydrogen (secondary N) is 1. The largest absolute Gasteiger partial charge is 0.325 e. The van der Waals surface area contributed by atoms with E-state index in [0.717, 1.165) is 5.56 Å². The zero-order valence-corrected chi connectivity index (χ0v) is 11.3. The lowest BCUT2D eigenvalue weighted by atomic mass is 10.0. The number of rotatable bonds is 4. The second kappa shape index (κ2) is 4.92. The second-order valence-corrected chi connectivity index (χ2v) is 5.14. The number of imide groups is 1. The third-order valence-corrected chi connectivity index (χ3v) is 3.47. The summed E-state index contributed by atoms with van der Waals surface area (Å²) < 4.78 is 0. The van der Waals surface area contributed by atoms with Crippen molar-refractivity contribution in [3.63, 3.8) is 0 Å². The SMILES string of the molecule is CC1(C)C(=O)NC(=O)N1CCc1ccc([N+](=O)[O-])cc1. The maximum absolute atomic E-state index is 11.7. The summed E-state index contributed by atoms with van der Waals surface area (Å²) in [6.45, 7) is 3.74. The molecule has 7 nitrogen and oxygen atoms in total. The van der Waals surface area contributed by atoms with E-state index in [-0.39, 0.29) is 11.6 Å². The van der Waals surface area contributed by atoms with Crippen LogP contribution >= 0.6 is 0 Å². The zero-order chi connectivity index (χ0) is 14.9. The van der Waals surface area contributed by atoms with Gasteiger partial charge in [-0.25, -0.2) is 4.79 Å². The summed E-state index contributed by atoms with van der Waals surface area (Å²) in [5, 5.41) is 12.8. The number of nitro groups is 1. The van der Waals surface area contributed by atoms with Gasteiger partial charge in [-0.2, -0.15) is 0 Å². The van der Waals surface area contributed by atoms with Crippen LogP contribution in [0.5, 0.6) is 0 Å². The second-order valence-electron chi connectivity index (χ2n) is 5.14. The lowest BCUT2D eigenvalue weighted by molar-refractivity contribution is -0.384. The monoisotopic (exact) mass is 277 g/mol. The minimum atomic E-state index is -0.863. The van der Waals surface area contributed by atoms with E-state index in [0.29, 0.717) is 13.0 Å². The van der Waals surface area contributed by atoms with Crippen molar-refractivity contribution in [1.82, 2.24) is 10.2 Å². The number of hydrogen-bond donors (Lipinski definition) is 1. The van der Waals surface area contributed by atoms with Crippen molar-refractivity contribution in [2.24, 2.45) is 0 Å². The average Bonchev–Trinajstić information content (AvgIpc) is 2.57. The smallest absolute Gasteiger partial charge is 0.310 e. The summed E-state index contributed by atoms with van der Waals surface area (Å²) in [7, 11) is 0. The number of nitro benzene ring substituents is 1. The summed E-state index contributed by atoms with van der Waals surface area (Å²) in [5.41, 5.74) is 0.0411. The summed E-state index contributed by atoms with van der Waals surface area (Å²) in [6, 6.07) is 5.76. The predicted molar refractivity (Wildman–Crippen MR) is 71.1 cm³/mol. The van der Waals surface area contributed by atoms with Gasteiger partial charge in [0.25, 0.3) is 11.6 Å². The molecule has 1 aliphatic heterocycles. The molecule has 1 fully saturated rings. The Labute approximate surface area is 115 Å². The van der Waals surface area contributed by atoms with Gasteiger partial charge in [0.2, 0.25) is 0 Å². The molecule has 1 aromatic carbocycles. The Kier molecular flexibility index (Phi) is 3.44. The van der Waals surface area contributed by atoms with Gasteiger partial charge in [-0.05, 0) is 25.8 Å². The molecule has 0 aliphatic carbocycles. The summed E-state index contributed by atoms with van der Waals surface area (Å²) in [4.78, 5) is 34.8. The maximum atomic E-state index is 11.7. The van der Waals surface area contributed by atoms with Crippen molar-refractivity contribution < 1.29 is 14.5 Å². The number of carbonyl (C=O) groups excluding carboxylic acids is 2. The number of nitrogens with zero attached hydrogens (tertiary/aromatic N) is 2. The number of hydrogen-bond acceptors (Lipinski definition) is 4. The third-order valence-electron chi connectivity index (χ3n) is 3.47. The molecular weight excluding hydrogens is 262 g/mol. The van der Waals surface area contributed by atoms with E-state index in [1.165, 1.54) is 17.0 Å². The van der Waals surface area contributed by atoms with E-state index in [4.69, 9.17) is 0 Å². The third kappa shape index (κ3) is 2.47. The molecule has 0 bridgehead atoms. The van der Waals surface area contributed by atoms with Gasteiger partial charge in [-0.1, -0.05) is 12.1 Å². The Morgan fingerprint density at radius 2 is 1.85 bits per heavy atom. The Morgan fingerprint density at radius 1 is 1.25 bits per heavy atom. The van der Waals surface area contributed by atoms with Gasteiger partial charge in [0, 0.05) is 18.7 Å². The molecule has 106 valence electrons. The summed E-state index contributed by atoms with van der Waals surface area (Å²) in [5.74, 6) is -0.314. The van der Waals surface area contributed by atoms with Crippen LogP contribution in [0.15, 0.2) is 24.3 Å². The van der Waals surface area contributed by atoms with E-state index in [1.807, 2.05) is 0 Å². The summed E-state index contributed by atoms with van der Waals surface area (Å²) in [6.07, 6.45) is 0.530. The van der Waals surface area contributed by atoms with Crippen LogP contribution in [-0.2, 0) is 11.2 Å². The van der Waals surface area contributed by atoms with Crippen LogP contribution in [0.2, 0.25) is 0 Å². The van der Waals surface area contributed by atoms with Crippen LogP contribution in [0.4, 0.5) is 10.5 Å². The topological polar surface area (TPSA) is 92.6 Å². The lowest BCUT2D eigenvalue weighted by Gasteiger charge is -2.27. The lowest BCUT2D eigenvalue weighted by Crippen LogP contribution is -2.45. The number of amides is 3. The molecule has 1 heterocycles. The van der Waals surface area contributed by atoms with Gasteiger partial charge < -0.3 is 4.90 Å². The maximum Gasteiger partial charge on any atom is 0.325 e. The van der Waals surface area contributed by atoms with Crippen LogP contribution in [0, 0.1) is 10.1 Å². The Bertz CT molecular complexity index is 565. The summed E-state index contributed by atoms with van der Waals surface area (Å²) >= 11 is 0. The average molecular weight is 277 g/mol. The van der Waals surface area contributed by atoms with Gasteiger partial charge in [0.1, 0.15) is 5.54 Å². The van der Waals surface area contributed by atoms with Crippen LogP contribution in [-0.4, -0.2) is 33.8 Å². The van der Waals surface area contributed by atoms with Gasteiger partial charge in [0.05, 0.1) is 4.92 Å². The molecule has 7 heteroatoms. The molecule has 0 atom stereocenters. The van der Waals surface area contributed by atoms with Crippen molar-refractivity contribution >= 4 is 17.6 Å². The molecule has 0 aromatic heterocycles. The highest BCUT2D eigenvalue weighted by Gasteiger charge is 2.44. The molecule has 0 spiro atoms. The van der Waals surface area contributed by atoms with E-state index >= 15 is 0 Å². The normalized spacial score (nSPS) is 17.2. The fourth-order valence-electron chi connectivity index (χ4n) is 2.10. The number of carbonyl (C=O) groups is 2. The van der Waals surface area contributed by atoms with E-state index in [9.17, 15) is 19.7 Å². The minimum absolute atomic E-state index is 0.0307. The van der Waals surface area contributed by atoms with Crippen molar-refractivity contribution in [3.8, 4) is 0 Å². The molecule has 0 radical (unpaired) electrons. The Balaban J connectivity index is 2.03. The first-order chi connectivity index (χ1) is 9.32. The predicted octanol–water partition coefficient (Wildman–Crippen LogP) is 1.47. The van der Waals surface area contributed by atoms with Crippen molar-refractivity contribution in [3.05, 3.63) is 39.9 Å². The Hall–Kier alpha value is -2.44. The fraction of sp³-hybridized carbons (Fsp3) is 0.385. The highest BCUT2D eigenvalue weighted by molar-refractivity contribution is 6.06. The van der Waals surface area contributed by atoms with Crippen molar-refractivity contribution in [1.29, 1.82) is 0 Å². The molecule has 1 N–H and O–H groups in total. The molecular formula is C13H15N3O4. The first-order valence-corrected chi connectivity index (χ1v) is 6.19. The molecule has 1 saturated heterocycles. The fourth-order valence-corrected chi connectivity index (χ4v) is 2.10. The van der Waals surface area contributed by atoms with E-state index in [1.54, 1.807) is 26.0 Å². The number of benzene rings is 1. The zero-order valence-electron chi connectivity index (χ0n) is 11.3. The molecule has 0 unspecified atom stereocenters. The van der Waals surface area contributed by atoms with Crippen molar-refractivity contribution in [2.45, 2.75) is 25.8 Å². The van der Waals surface area contributed by atoms with Crippen molar-refractivity contribution in [2.75, 3.05) is 6.54 Å². The highest BCUT2D eigenvalue weighted by atomic mass is 16.6. The quantitative estimate of drug-likeness (QED) is 0.512. The number of non-ortho nitro benzene ring substituents is 1. The molecule has 20 heavy (non-hydrogen) atoms. The minimum Gasteiger partial charge on any atom is -0.310 e. The standard InChI is InChI=1S/C13H15N3O4/c1-13(2)11(17)14-12(18)15(13)8-7-9-3-5-10(6-4-9)16(19)20/h3-6H,7-8H2,1-2H3,(H,14,17,18). The van der Waals surface area contributed by atoms with Crippen LogP contribution in [0.25, 0.3) is 0 Å². The van der Waals surface area contributed by atoms with Crippen LogP contribution in [0.3, 0.4) is 0 Å². The molecule has 3 amide bonds. The number of urea groups is 1. The molecule has 0 saturated carbocycles.